The van der Waals surface area contributed by atoms with Crippen LogP contribution in [0.2, 0.25) is 5.02 Å². The number of pyridine rings is 1. The molecule has 1 aromatic heterocycles. The van der Waals surface area contributed by atoms with Gasteiger partial charge in [0.05, 0.1) is 10.5 Å². The maximum atomic E-state index is 5.89. The Hall–Kier alpha value is -1.08. The molecule has 1 heterocycles. The van der Waals surface area contributed by atoms with Gasteiger partial charge in [0.2, 0.25) is 0 Å². The van der Waals surface area contributed by atoms with E-state index in [2.05, 4.69) is 11.1 Å². The monoisotopic (exact) mass is 162 g/mol. The van der Waals surface area contributed by atoms with Crippen LogP contribution in [0.15, 0.2) is 30.5 Å². The Morgan fingerprint density at radius 2 is 2.27 bits per heavy atom. The maximum Gasteiger partial charge on any atom is 0.0723 e. The van der Waals surface area contributed by atoms with Gasteiger partial charge in [-0.1, -0.05) is 17.7 Å². The van der Waals surface area contributed by atoms with Crippen molar-refractivity contribution < 1.29 is 0 Å². The zero-order valence-corrected chi connectivity index (χ0v) is 6.47. The fourth-order valence-electron chi connectivity index (χ4n) is 1.00. The predicted molar refractivity (Wildman–Crippen MR) is 45.6 cm³/mol. The fraction of sp³-hybridized carbons (Fsp3) is 0. The molecule has 0 fully saturated rings. The Morgan fingerprint density at radius 1 is 1.36 bits per heavy atom. The first kappa shape index (κ1) is 6.62. The van der Waals surface area contributed by atoms with Crippen molar-refractivity contribution in [3.63, 3.8) is 0 Å². The van der Waals surface area contributed by atoms with Crippen molar-refractivity contribution in [1.82, 2.24) is 4.98 Å². The molecule has 1 aromatic carbocycles. The van der Waals surface area contributed by atoms with Crippen molar-refractivity contribution in [3.05, 3.63) is 41.6 Å². The summed E-state index contributed by atoms with van der Waals surface area (Å²) < 4.78 is 0. The first-order valence-electron chi connectivity index (χ1n) is 3.29. The van der Waals surface area contributed by atoms with Crippen molar-refractivity contribution in [1.29, 1.82) is 0 Å². The molecule has 0 unspecified atom stereocenters. The molecule has 1 nitrogen and oxygen atoms in total. The highest BCUT2D eigenvalue weighted by Gasteiger charge is 1.95. The Kier molecular flexibility index (Phi) is 1.51. The SMILES string of the molecule is Clc1cccc2ncc[c]c12. The van der Waals surface area contributed by atoms with Crippen molar-refractivity contribution in [2.75, 3.05) is 0 Å². The Bertz CT molecular complexity index is 379. The number of benzene rings is 1. The third-order valence-corrected chi connectivity index (χ3v) is 1.82. The summed E-state index contributed by atoms with van der Waals surface area (Å²) in [6, 6.07) is 10.4. The summed E-state index contributed by atoms with van der Waals surface area (Å²) in [5.41, 5.74) is 0.889. The van der Waals surface area contributed by atoms with Crippen LogP contribution in [0.1, 0.15) is 0 Å². The molecule has 53 valence electrons. The van der Waals surface area contributed by atoms with Crippen molar-refractivity contribution in [3.8, 4) is 0 Å². The number of aromatic nitrogens is 1. The molecule has 0 atom stereocenters. The Labute approximate surface area is 69.6 Å². The summed E-state index contributed by atoms with van der Waals surface area (Å²) in [6.07, 6.45) is 1.71. The topological polar surface area (TPSA) is 12.9 Å². The quantitative estimate of drug-likeness (QED) is 0.581. The summed E-state index contributed by atoms with van der Waals surface area (Å²) in [5, 5.41) is 1.59. The highest BCUT2D eigenvalue weighted by atomic mass is 35.5. The second kappa shape index (κ2) is 2.51. The molecule has 1 radical (unpaired) electrons. The van der Waals surface area contributed by atoms with Gasteiger partial charge in [-0.2, -0.15) is 0 Å². The van der Waals surface area contributed by atoms with Gasteiger partial charge in [-0.3, -0.25) is 4.98 Å². The average molecular weight is 163 g/mol. The molecule has 0 N–H and O–H groups in total. The van der Waals surface area contributed by atoms with Crippen molar-refractivity contribution in [2.24, 2.45) is 0 Å². The van der Waals surface area contributed by atoms with Crippen LogP contribution in [0.5, 0.6) is 0 Å². The predicted octanol–water partition coefficient (Wildman–Crippen LogP) is 2.69. The average Bonchev–Trinajstić information content (AvgIpc) is 2.06. The van der Waals surface area contributed by atoms with E-state index in [0.717, 1.165) is 10.9 Å². The first-order valence-corrected chi connectivity index (χ1v) is 3.66. The van der Waals surface area contributed by atoms with Gasteiger partial charge in [0.15, 0.2) is 0 Å². The van der Waals surface area contributed by atoms with Gasteiger partial charge in [-0.25, -0.2) is 0 Å². The summed E-state index contributed by atoms with van der Waals surface area (Å²) in [4.78, 5) is 4.13. The molecule has 0 saturated heterocycles. The van der Waals surface area contributed by atoms with Gasteiger partial charge < -0.3 is 0 Å². The maximum absolute atomic E-state index is 5.89. The van der Waals surface area contributed by atoms with E-state index < -0.39 is 0 Å². The van der Waals surface area contributed by atoms with Gasteiger partial charge in [0, 0.05) is 11.6 Å². The lowest BCUT2D eigenvalue weighted by Crippen LogP contribution is -1.76. The van der Waals surface area contributed by atoms with Crippen LogP contribution in [-0.2, 0) is 0 Å². The zero-order chi connectivity index (χ0) is 7.68. The molecule has 2 heteroatoms. The van der Waals surface area contributed by atoms with Crippen LogP contribution in [-0.4, -0.2) is 4.98 Å². The van der Waals surface area contributed by atoms with E-state index >= 15 is 0 Å². The minimum atomic E-state index is 0.704. The number of hydrogen-bond acceptors (Lipinski definition) is 1. The molecular weight excluding hydrogens is 158 g/mol. The smallest absolute Gasteiger partial charge is 0.0723 e. The number of nitrogens with zero attached hydrogens (tertiary/aromatic N) is 1. The van der Waals surface area contributed by atoms with Crippen LogP contribution in [0.25, 0.3) is 10.9 Å². The van der Waals surface area contributed by atoms with Crippen LogP contribution in [0.4, 0.5) is 0 Å². The molecule has 0 bridgehead atoms. The molecule has 0 spiro atoms. The van der Waals surface area contributed by atoms with Crippen molar-refractivity contribution in [2.45, 2.75) is 0 Å². The number of rotatable bonds is 0. The van der Waals surface area contributed by atoms with E-state index in [9.17, 15) is 0 Å². The number of halogens is 1. The van der Waals surface area contributed by atoms with Gasteiger partial charge >= 0.3 is 0 Å². The summed E-state index contributed by atoms with van der Waals surface area (Å²) in [7, 11) is 0. The Morgan fingerprint density at radius 3 is 3.09 bits per heavy atom. The van der Waals surface area contributed by atoms with Crippen LogP contribution in [0, 0.1) is 6.07 Å². The van der Waals surface area contributed by atoms with Gasteiger partial charge in [0.1, 0.15) is 0 Å². The minimum absolute atomic E-state index is 0.704. The van der Waals surface area contributed by atoms with Crippen LogP contribution < -0.4 is 0 Å². The second-order valence-corrected chi connectivity index (χ2v) is 2.63. The third-order valence-electron chi connectivity index (χ3n) is 1.51. The highest BCUT2D eigenvalue weighted by Crippen LogP contribution is 2.19. The van der Waals surface area contributed by atoms with E-state index in [1.54, 1.807) is 12.3 Å². The van der Waals surface area contributed by atoms with E-state index in [1.165, 1.54) is 0 Å². The highest BCUT2D eigenvalue weighted by molar-refractivity contribution is 6.35. The van der Waals surface area contributed by atoms with E-state index in [1.807, 2.05) is 18.2 Å². The molecule has 0 saturated carbocycles. The first-order chi connectivity index (χ1) is 5.38. The van der Waals surface area contributed by atoms with Gasteiger partial charge in [-0.15, -0.1) is 0 Å². The molecule has 0 aliphatic carbocycles. The fourth-order valence-corrected chi connectivity index (χ4v) is 1.23. The van der Waals surface area contributed by atoms with Gasteiger partial charge in [-0.05, 0) is 24.3 Å². The molecule has 0 amide bonds. The molecule has 2 aromatic rings. The second-order valence-electron chi connectivity index (χ2n) is 2.22. The zero-order valence-electron chi connectivity index (χ0n) is 5.71. The summed E-state index contributed by atoms with van der Waals surface area (Å²) >= 11 is 5.89. The summed E-state index contributed by atoms with van der Waals surface area (Å²) in [6.45, 7) is 0. The Balaban J connectivity index is 2.91. The van der Waals surface area contributed by atoms with E-state index in [0.29, 0.717) is 5.02 Å². The van der Waals surface area contributed by atoms with Crippen LogP contribution >= 0.6 is 11.6 Å². The molecule has 11 heavy (non-hydrogen) atoms. The molecular formula is C9H5ClN. The third kappa shape index (κ3) is 1.08. The largest absolute Gasteiger partial charge is 0.256 e. The summed E-state index contributed by atoms with van der Waals surface area (Å²) in [5.74, 6) is 0. The van der Waals surface area contributed by atoms with E-state index in [4.69, 9.17) is 11.6 Å². The van der Waals surface area contributed by atoms with Gasteiger partial charge in [0.25, 0.3) is 0 Å². The minimum Gasteiger partial charge on any atom is -0.256 e. The molecule has 0 aliphatic rings. The van der Waals surface area contributed by atoms with E-state index in [-0.39, 0.29) is 0 Å². The molecule has 2 rings (SSSR count). The lowest BCUT2D eigenvalue weighted by Gasteiger charge is -1.95. The molecule has 0 aliphatic heterocycles. The lowest BCUT2D eigenvalue weighted by molar-refractivity contribution is 1.41. The lowest BCUT2D eigenvalue weighted by atomic mass is 10.2. The van der Waals surface area contributed by atoms with Crippen LogP contribution in [0.3, 0.4) is 0 Å². The van der Waals surface area contributed by atoms with Crippen molar-refractivity contribution >= 4 is 22.5 Å². The number of hydrogen-bond donors (Lipinski definition) is 0. The number of fused-ring (bicyclic) bond motifs is 1. The standard InChI is InChI=1S/C9H5ClN/c10-8-4-1-5-9-7(8)3-2-6-11-9/h1-2,4-6H. The normalized spacial score (nSPS) is 10.3.